The average Bonchev–Trinajstić information content (AvgIpc) is 3.02. The number of ether oxygens (including phenoxy) is 1. The number of carboxylic acid groups (broad SMARTS) is 1. The Morgan fingerprint density at radius 2 is 1.61 bits per heavy atom. The van der Waals surface area contributed by atoms with E-state index in [1.165, 1.54) is 30.7 Å². The fourth-order valence-corrected chi connectivity index (χ4v) is 6.02. The summed E-state index contributed by atoms with van der Waals surface area (Å²) >= 11 is 3.49. The maximum absolute atomic E-state index is 14.3. The number of methoxy groups -OCH3 is 1. The molecule has 9 heteroatoms. The molecule has 7 nitrogen and oxygen atoms in total. The van der Waals surface area contributed by atoms with Crippen molar-refractivity contribution in [2.75, 3.05) is 35.5 Å². The summed E-state index contributed by atoms with van der Waals surface area (Å²) in [6, 6.07) is 27.7. The average molecular weight is 679 g/mol. The number of nitrogens with one attached hydrogen (secondary N) is 1. The van der Waals surface area contributed by atoms with Crippen LogP contribution >= 0.6 is 28.3 Å². The van der Waals surface area contributed by atoms with Crippen LogP contribution in [-0.2, 0) is 17.6 Å². The standard InChI is InChI=1S/C35H36BrN3O4.ClH/c1-24-10-9-13-31(38-18-7-4-8-19-38)34(24)39(33(40)22-27-21-32(43-2)29(35(41)42)23-30(27)36)37-28-16-14-26(15-17-28)20-25-11-5-3-6-12-25;/h3,5-6,9-17,21,23,37H,4,7-8,18-20,22H2,1-2H3,(H,41,42);1H. The first-order valence-corrected chi connectivity index (χ1v) is 15.3. The lowest BCUT2D eigenvalue weighted by Gasteiger charge is -2.35. The number of hydrazine groups is 1. The highest BCUT2D eigenvalue weighted by molar-refractivity contribution is 9.10. The van der Waals surface area contributed by atoms with Crippen molar-refractivity contribution in [3.05, 3.63) is 117 Å². The first kappa shape index (κ1) is 32.9. The van der Waals surface area contributed by atoms with Crippen LogP contribution in [-0.4, -0.2) is 37.2 Å². The molecule has 230 valence electrons. The zero-order valence-electron chi connectivity index (χ0n) is 24.9. The van der Waals surface area contributed by atoms with Gasteiger partial charge in [0.15, 0.2) is 0 Å². The summed E-state index contributed by atoms with van der Waals surface area (Å²) in [4.78, 5) is 28.3. The number of aryl methyl sites for hydroxylation is 1. The van der Waals surface area contributed by atoms with E-state index >= 15 is 0 Å². The Kier molecular flexibility index (Phi) is 11.3. The highest BCUT2D eigenvalue weighted by Gasteiger charge is 2.26. The number of carbonyl (C=O) groups excluding carboxylic acids is 1. The fraction of sp³-hybridized carbons (Fsp3) is 0.257. The van der Waals surface area contributed by atoms with Crippen LogP contribution in [0, 0.1) is 6.92 Å². The van der Waals surface area contributed by atoms with Gasteiger partial charge in [-0.3, -0.25) is 10.2 Å². The van der Waals surface area contributed by atoms with Gasteiger partial charge in [0.2, 0.25) is 5.91 Å². The van der Waals surface area contributed by atoms with Gasteiger partial charge in [-0.2, -0.15) is 0 Å². The number of para-hydroxylation sites is 1. The van der Waals surface area contributed by atoms with E-state index in [0.717, 1.165) is 55.0 Å². The van der Waals surface area contributed by atoms with Gasteiger partial charge in [0.1, 0.15) is 11.3 Å². The molecule has 4 aromatic carbocycles. The molecular weight excluding hydrogens is 642 g/mol. The second-order valence-corrected chi connectivity index (χ2v) is 11.7. The quantitative estimate of drug-likeness (QED) is 0.165. The van der Waals surface area contributed by atoms with E-state index in [1.54, 1.807) is 11.1 Å². The fourth-order valence-electron chi connectivity index (χ4n) is 5.53. The van der Waals surface area contributed by atoms with Crippen LogP contribution in [0.15, 0.2) is 89.4 Å². The molecule has 1 saturated heterocycles. The molecule has 4 aromatic rings. The summed E-state index contributed by atoms with van der Waals surface area (Å²) in [6.45, 7) is 3.90. The third-order valence-electron chi connectivity index (χ3n) is 7.77. The molecule has 1 aliphatic heterocycles. The molecule has 2 N–H and O–H groups in total. The number of aromatic carboxylic acids is 1. The predicted molar refractivity (Wildman–Crippen MR) is 183 cm³/mol. The lowest BCUT2D eigenvalue weighted by molar-refractivity contribution is -0.117. The van der Waals surface area contributed by atoms with Crippen molar-refractivity contribution >= 4 is 57.3 Å². The minimum atomic E-state index is -1.10. The van der Waals surface area contributed by atoms with Crippen LogP contribution < -0.4 is 20.1 Å². The Morgan fingerprint density at radius 1 is 0.932 bits per heavy atom. The predicted octanol–water partition coefficient (Wildman–Crippen LogP) is 8.07. The largest absolute Gasteiger partial charge is 0.496 e. The Balaban J connectivity index is 0.00000442. The number of hydrogen-bond acceptors (Lipinski definition) is 5. The second kappa shape index (κ2) is 15.1. The molecule has 0 saturated carbocycles. The number of hydrogen-bond donors (Lipinski definition) is 2. The van der Waals surface area contributed by atoms with Crippen LogP contribution in [0.1, 0.15) is 51.9 Å². The monoisotopic (exact) mass is 677 g/mol. The summed E-state index contributed by atoms with van der Waals surface area (Å²) in [5.41, 5.74) is 10.1. The lowest BCUT2D eigenvalue weighted by atomic mass is 10.0. The third kappa shape index (κ3) is 7.73. The minimum Gasteiger partial charge on any atom is -0.496 e. The van der Waals surface area contributed by atoms with Gasteiger partial charge in [0.05, 0.1) is 30.6 Å². The molecule has 1 fully saturated rings. The smallest absolute Gasteiger partial charge is 0.339 e. The number of halogens is 2. The Bertz CT molecular complexity index is 1590. The van der Waals surface area contributed by atoms with Crippen molar-refractivity contribution in [1.82, 2.24) is 0 Å². The van der Waals surface area contributed by atoms with Gasteiger partial charge in [-0.05, 0) is 85.2 Å². The number of amides is 1. The molecule has 1 heterocycles. The van der Waals surface area contributed by atoms with E-state index < -0.39 is 5.97 Å². The molecule has 44 heavy (non-hydrogen) atoms. The Labute approximate surface area is 273 Å². The van der Waals surface area contributed by atoms with Gasteiger partial charge >= 0.3 is 5.97 Å². The van der Waals surface area contributed by atoms with Crippen molar-refractivity contribution < 1.29 is 19.4 Å². The number of anilines is 3. The summed E-state index contributed by atoms with van der Waals surface area (Å²) in [6.07, 6.45) is 4.27. The van der Waals surface area contributed by atoms with E-state index in [-0.39, 0.29) is 36.0 Å². The number of nitrogens with zero attached hydrogens (tertiary/aromatic N) is 2. The normalized spacial score (nSPS) is 12.7. The summed E-state index contributed by atoms with van der Waals surface area (Å²) in [7, 11) is 1.43. The second-order valence-electron chi connectivity index (χ2n) is 10.8. The van der Waals surface area contributed by atoms with Gasteiger partial charge in [0.25, 0.3) is 0 Å². The van der Waals surface area contributed by atoms with Gasteiger partial charge in [-0.1, -0.05) is 70.5 Å². The Hall–Kier alpha value is -4.01. The molecule has 0 bridgehead atoms. The van der Waals surface area contributed by atoms with Crippen molar-refractivity contribution in [2.45, 2.75) is 39.0 Å². The molecule has 0 aromatic heterocycles. The highest BCUT2D eigenvalue weighted by Crippen LogP contribution is 2.36. The number of carboxylic acids is 1. The molecule has 0 radical (unpaired) electrons. The maximum Gasteiger partial charge on any atom is 0.339 e. The first-order valence-electron chi connectivity index (χ1n) is 14.5. The minimum absolute atomic E-state index is 0. The number of carbonyl (C=O) groups is 2. The molecule has 5 rings (SSSR count). The van der Waals surface area contributed by atoms with Crippen LogP contribution in [0.2, 0.25) is 0 Å². The number of rotatable bonds is 10. The SMILES string of the molecule is COc1cc(CC(=O)N(Nc2ccc(Cc3ccccc3)cc2)c2c(C)cccc2N2CCCCC2)c(Br)cc1C(=O)O.Cl. The van der Waals surface area contributed by atoms with E-state index in [0.29, 0.717) is 10.0 Å². The van der Waals surface area contributed by atoms with Crippen LogP contribution in [0.25, 0.3) is 0 Å². The van der Waals surface area contributed by atoms with Gasteiger partial charge in [0, 0.05) is 17.6 Å². The Morgan fingerprint density at radius 3 is 2.27 bits per heavy atom. The summed E-state index contributed by atoms with van der Waals surface area (Å²) in [5.74, 6) is -1.08. The third-order valence-corrected chi connectivity index (χ3v) is 8.51. The van der Waals surface area contributed by atoms with Crippen LogP contribution in [0.3, 0.4) is 0 Å². The maximum atomic E-state index is 14.3. The highest BCUT2D eigenvalue weighted by atomic mass is 79.9. The number of piperidine rings is 1. The topological polar surface area (TPSA) is 82.1 Å². The molecule has 0 aliphatic carbocycles. The lowest BCUT2D eigenvalue weighted by Crippen LogP contribution is -2.40. The van der Waals surface area contributed by atoms with Crippen LogP contribution in [0.5, 0.6) is 5.75 Å². The van der Waals surface area contributed by atoms with Crippen molar-refractivity contribution in [3.8, 4) is 5.75 Å². The first-order chi connectivity index (χ1) is 20.8. The molecule has 0 spiro atoms. The molecule has 0 unspecified atom stereocenters. The molecule has 0 atom stereocenters. The van der Waals surface area contributed by atoms with Gasteiger partial charge < -0.3 is 14.7 Å². The molecule has 1 amide bonds. The number of benzene rings is 4. The zero-order chi connectivity index (χ0) is 30.3. The summed E-state index contributed by atoms with van der Waals surface area (Å²) in [5, 5.41) is 11.2. The van der Waals surface area contributed by atoms with Crippen molar-refractivity contribution in [2.24, 2.45) is 0 Å². The zero-order valence-corrected chi connectivity index (χ0v) is 27.3. The van der Waals surface area contributed by atoms with Crippen molar-refractivity contribution in [1.29, 1.82) is 0 Å². The van der Waals surface area contributed by atoms with Gasteiger partial charge in [-0.15, -0.1) is 12.4 Å². The van der Waals surface area contributed by atoms with E-state index in [4.69, 9.17) is 4.74 Å². The summed E-state index contributed by atoms with van der Waals surface area (Å²) < 4.78 is 5.88. The molecular formula is C35H37BrClN3O4. The molecule has 1 aliphatic rings. The van der Waals surface area contributed by atoms with Crippen LogP contribution in [0.4, 0.5) is 17.1 Å². The van der Waals surface area contributed by atoms with Gasteiger partial charge in [-0.25, -0.2) is 9.80 Å². The van der Waals surface area contributed by atoms with E-state index in [1.807, 2.05) is 49.4 Å². The van der Waals surface area contributed by atoms with E-state index in [2.05, 4.69) is 56.6 Å². The van der Waals surface area contributed by atoms with Crippen molar-refractivity contribution in [3.63, 3.8) is 0 Å². The van der Waals surface area contributed by atoms with E-state index in [9.17, 15) is 14.7 Å².